The molecule has 0 spiro atoms. The van der Waals surface area contributed by atoms with Gasteiger partial charge in [-0.15, -0.1) is 0 Å². The lowest BCUT2D eigenvalue weighted by Crippen LogP contribution is -2.22. The van der Waals surface area contributed by atoms with E-state index in [1.807, 2.05) is 6.07 Å². The van der Waals surface area contributed by atoms with Gasteiger partial charge in [0.15, 0.2) is 0 Å². The maximum absolute atomic E-state index is 11.6. The summed E-state index contributed by atoms with van der Waals surface area (Å²) in [6.07, 6.45) is 4.34. The molecule has 7 rings (SSSR count). The molecule has 0 amide bonds. The second-order valence-corrected chi connectivity index (χ2v) is 14.1. The van der Waals surface area contributed by atoms with Crippen LogP contribution in [0.1, 0.15) is 60.5 Å². The molecule has 9 heteroatoms. The minimum atomic E-state index is -0.298. The number of carbonyl (C=O) groups is 1. The molecule has 3 atom stereocenters. The van der Waals surface area contributed by atoms with Crippen LogP contribution in [0, 0.1) is 5.92 Å². The van der Waals surface area contributed by atoms with Gasteiger partial charge in [-0.2, -0.15) is 4.98 Å². The number of ether oxygens (including phenoxy) is 2. The fourth-order valence-corrected chi connectivity index (χ4v) is 8.00. The van der Waals surface area contributed by atoms with Crippen molar-refractivity contribution in [2.24, 2.45) is 5.92 Å². The molecule has 2 N–H and O–H groups in total. The molecular formula is C39H41Cl2N3O4. The number of fused-ring (bicyclic) bond motifs is 1. The van der Waals surface area contributed by atoms with Gasteiger partial charge in [0.25, 0.3) is 0 Å². The number of nitrogens with one attached hydrogen (secondary N) is 1. The van der Waals surface area contributed by atoms with E-state index in [0.717, 1.165) is 90.1 Å². The highest BCUT2D eigenvalue weighted by Crippen LogP contribution is 2.44. The average molecular weight is 687 g/mol. The third kappa shape index (κ3) is 7.12. The van der Waals surface area contributed by atoms with Crippen LogP contribution in [0.15, 0.2) is 66.7 Å². The van der Waals surface area contributed by atoms with Crippen LogP contribution in [0.3, 0.4) is 0 Å². The zero-order valence-corrected chi connectivity index (χ0v) is 28.7. The lowest BCUT2D eigenvalue weighted by Gasteiger charge is -2.20. The van der Waals surface area contributed by atoms with E-state index >= 15 is 0 Å². The van der Waals surface area contributed by atoms with Crippen molar-refractivity contribution in [3.05, 3.63) is 99.0 Å². The molecule has 1 aromatic heterocycles. The number of ketones is 1. The first-order chi connectivity index (χ1) is 23.4. The maximum Gasteiger partial charge on any atom is 0.236 e. The van der Waals surface area contributed by atoms with Crippen LogP contribution in [0.5, 0.6) is 11.8 Å². The van der Waals surface area contributed by atoms with E-state index in [0.29, 0.717) is 48.0 Å². The van der Waals surface area contributed by atoms with Crippen LogP contribution in [-0.4, -0.2) is 53.6 Å². The summed E-state index contributed by atoms with van der Waals surface area (Å²) in [4.78, 5) is 18.4. The predicted octanol–water partition coefficient (Wildman–Crippen LogP) is 7.82. The Bertz CT molecular complexity index is 1800. The number of pyridine rings is 1. The number of likely N-dealkylation sites (tertiary alicyclic amines) is 1. The zero-order valence-electron chi connectivity index (χ0n) is 27.2. The van der Waals surface area contributed by atoms with E-state index in [1.165, 1.54) is 11.1 Å². The molecule has 0 unspecified atom stereocenters. The fraction of sp³-hybridized carbons (Fsp3) is 0.385. The lowest BCUT2D eigenvalue weighted by atomic mass is 9.93. The molecule has 2 heterocycles. The molecule has 4 aromatic rings. The summed E-state index contributed by atoms with van der Waals surface area (Å²) in [5, 5.41) is 14.6. The first kappa shape index (κ1) is 33.1. The van der Waals surface area contributed by atoms with Gasteiger partial charge in [-0.1, -0.05) is 83.9 Å². The second kappa shape index (κ2) is 14.6. The molecule has 3 aromatic carbocycles. The topological polar surface area (TPSA) is 83.9 Å². The Morgan fingerprint density at radius 3 is 2.50 bits per heavy atom. The minimum absolute atomic E-state index is 0.202. The van der Waals surface area contributed by atoms with Gasteiger partial charge in [0, 0.05) is 55.7 Å². The predicted molar refractivity (Wildman–Crippen MR) is 190 cm³/mol. The lowest BCUT2D eigenvalue weighted by molar-refractivity contribution is -0.117. The van der Waals surface area contributed by atoms with E-state index in [9.17, 15) is 9.90 Å². The highest BCUT2D eigenvalue weighted by Gasteiger charge is 2.29. The largest absolute Gasteiger partial charge is 0.481 e. The molecule has 2 aliphatic carbocycles. The summed E-state index contributed by atoms with van der Waals surface area (Å²) in [6, 6.07) is 23.0. The van der Waals surface area contributed by atoms with Crippen LogP contribution in [0.4, 0.5) is 0 Å². The van der Waals surface area contributed by atoms with E-state index in [-0.39, 0.29) is 12.2 Å². The summed E-state index contributed by atoms with van der Waals surface area (Å²) in [5.74, 6) is 1.69. The highest BCUT2D eigenvalue weighted by molar-refractivity contribution is 6.36. The number of Topliss-reactive ketones (excluding diaryl/α,β-unsaturated/α-hetero) is 1. The van der Waals surface area contributed by atoms with Crippen LogP contribution < -0.4 is 14.8 Å². The Balaban J connectivity index is 1.07. The molecule has 1 aliphatic heterocycles. The summed E-state index contributed by atoms with van der Waals surface area (Å²) >= 11 is 13.9. The number of aliphatic hydroxyl groups is 1. The van der Waals surface area contributed by atoms with Gasteiger partial charge in [-0.05, 0) is 72.0 Å². The quantitative estimate of drug-likeness (QED) is 0.167. The molecule has 1 saturated carbocycles. The van der Waals surface area contributed by atoms with Crippen molar-refractivity contribution in [2.45, 2.75) is 63.8 Å². The standard InChI is InChI=1S/C39H41Cl2N3O4/c1-47-38-27(22-44-17-16-29(46)23-44)19-35(40)39(43-38)48-36-15-14-32-31(5-3-6-33(32)36)34-7-2-4-30(37(34)41)26-11-8-24(9-12-26)20-42-21-25-10-13-28(45)18-25/h2-9,11-12,19,25,29,36,42,46H,10,13-18,20-23H2,1H3/t25-,29+,36+/m1/s1. The molecule has 2 fully saturated rings. The van der Waals surface area contributed by atoms with Gasteiger partial charge in [-0.25, -0.2) is 0 Å². The Morgan fingerprint density at radius 2 is 1.75 bits per heavy atom. The summed E-state index contributed by atoms with van der Waals surface area (Å²) in [7, 11) is 1.60. The smallest absolute Gasteiger partial charge is 0.236 e. The Morgan fingerprint density at radius 1 is 0.958 bits per heavy atom. The van der Waals surface area contributed by atoms with Crippen molar-refractivity contribution in [3.8, 4) is 34.0 Å². The number of rotatable bonds is 11. The number of nitrogens with zero attached hydrogens (tertiary/aromatic N) is 2. The molecule has 7 nitrogen and oxygen atoms in total. The number of hydrogen-bond donors (Lipinski definition) is 2. The Labute approximate surface area is 292 Å². The summed E-state index contributed by atoms with van der Waals surface area (Å²) in [6.45, 7) is 3.71. The summed E-state index contributed by atoms with van der Waals surface area (Å²) in [5.41, 5.74) is 8.58. The molecule has 1 saturated heterocycles. The number of halogens is 2. The van der Waals surface area contributed by atoms with Crippen LogP contribution >= 0.6 is 23.2 Å². The van der Waals surface area contributed by atoms with Crippen LogP contribution in [0.25, 0.3) is 22.3 Å². The van der Waals surface area contributed by atoms with Crippen molar-refractivity contribution in [2.75, 3.05) is 26.7 Å². The van der Waals surface area contributed by atoms with Gasteiger partial charge < -0.3 is 19.9 Å². The first-order valence-corrected chi connectivity index (χ1v) is 17.6. The number of hydrogen-bond acceptors (Lipinski definition) is 7. The van der Waals surface area contributed by atoms with Gasteiger partial charge >= 0.3 is 0 Å². The molecular weight excluding hydrogens is 645 g/mol. The number of methoxy groups -OCH3 is 1. The zero-order chi connectivity index (χ0) is 33.2. The maximum atomic E-state index is 11.6. The third-order valence-electron chi connectivity index (χ3n) is 9.95. The number of benzene rings is 3. The van der Waals surface area contributed by atoms with E-state index in [1.54, 1.807) is 7.11 Å². The Hall–Kier alpha value is -3.46. The SMILES string of the molecule is COc1nc(O[C@H]2CCc3c(-c4cccc(-c5ccc(CNC[C@@H]6CCC(=O)C6)cc5)c4Cl)cccc32)c(Cl)cc1CN1CC[C@H](O)C1. The average Bonchev–Trinajstić information content (AvgIpc) is 3.82. The van der Waals surface area contributed by atoms with Gasteiger partial charge in [0.2, 0.25) is 11.8 Å². The molecule has 3 aliphatic rings. The van der Waals surface area contributed by atoms with E-state index in [2.05, 4.69) is 75.9 Å². The van der Waals surface area contributed by atoms with Crippen molar-refractivity contribution in [3.63, 3.8) is 0 Å². The van der Waals surface area contributed by atoms with Crippen LogP contribution in [0.2, 0.25) is 10.0 Å². The molecule has 250 valence electrons. The van der Waals surface area contributed by atoms with Crippen molar-refractivity contribution < 1.29 is 19.4 Å². The van der Waals surface area contributed by atoms with Gasteiger partial charge in [0.05, 0.1) is 18.2 Å². The van der Waals surface area contributed by atoms with Gasteiger partial charge in [-0.3, -0.25) is 9.69 Å². The summed E-state index contributed by atoms with van der Waals surface area (Å²) < 4.78 is 12.1. The molecule has 0 radical (unpaired) electrons. The molecule has 0 bridgehead atoms. The highest BCUT2D eigenvalue weighted by atomic mass is 35.5. The van der Waals surface area contributed by atoms with Crippen LogP contribution in [-0.2, 0) is 24.3 Å². The number of aliphatic hydroxyl groups excluding tert-OH is 1. The second-order valence-electron chi connectivity index (χ2n) is 13.3. The van der Waals surface area contributed by atoms with Crippen molar-refractivity contribution in [1.29, 1.82) is 0 Å². The molecule has 48 heavy (non-hydrogen) atoms. The number of β-amino-alcohol motifs (C(OH)–C–C–N with tert-alkyl or cyclic N) is 1. The van der Waals surface area contributed by atoms with Crippen molar-refractivity contribution in [1.82, 2.24) is 15.2 Å². The first-order valence-electron chi connectivity index (χ1n) is 16.9. The number of aromatic nitrogens is 1. The van der Waals surface area contributed by atoms with Gasteiger partial charge in [0.1, 0.15) is 16.9 Å². The van der Waals surface area contributed by atoms with E-state index in [4.69, 9.17) is 32.7 Å². The fourth-order valence-electron chi connectivity index (χ4n) is 7.44. The van der Waals surface area contributed by atoms with E-state index < -0.39 is 0 Å². The third-order valence-corrected chi connectivity index (χ3v) is 10.6. The minimum Gasteiger partial charge on any atom is -0.481 e. The Kier molecular flexibility index (Phi) is 10.0. The van der Waals surface area contributed by atoms with Crippen molar-refractivity contribution >= 4 is 29.0 Å². The normalized spacial score (nSPS) is 20.8. The monoisotopic (exact) mass is 685 g/mol. The number of carbonyl (C=O) groups excluding carboxylic acids is 1.